The van der Waals surface area contributed by atoms with Crippen molar-refractivity contribution in [3.05, 3.63) is 69.9 Å². The SMILES string of the molecule is Cc1onc(-c2ccccc2)c1C(=O)NNc1c(Cl)cccc1Cl. The maximum atomic E-state index is 12.6. The van der Waals surface area contributed by atoms with Crippen molar-refractivity contribution in [2.45, 2.75) is 6.92 Å². The number of carbonyl (C=O) groups excluding carboxylic acids is 1. The van der Waals surface area contributed by atoms with Crippen molar-refractivity contribution in [2.75, 3.05) is 5.43 Å². The van der Waals surface area contributed by atoms with E-state index in [0.717, 1.165) is 5.56 Å². The van der Waals surface area contributed by atoms with Crippen LogP contribution in [-0.4, -0.2) is 11.1 Å². The highest BCUT2D eigenvalue weighted by atomic mass is 35.5. The minimum absolute atomic E-state index is 0.344. The molecule has 3 rings (SSSR count). The topological polar surface area (TPSA) is 67.2 Å². The van der Waals surface area contributed by atoms with Gasteiger partial charge in [0.25, 0.3) is 5.91 Å². The van der Waals surface area contributed by atoms with Crippen LogP contribution >= 0.6 is 23.2 Å². The van der Waals surface area contributed by atoms with Crippen LogP contribution in [0.1, 0.15) is 16.1 Å². The molecule has 0 spiro atoms. The molecule has 2 N–H and O–H groups in total. The lowest BCUT2D eigenvalue weighted by Gasteiger charge is -2.11. The van der Waals surface area contributed by atoms with Crippen LogP contribution in [0.2, 0.25) is 10.0 Å². The second kappa shape index (κ2) is 6.95. The van der Waals surface area contributed by atoms with Crippen LogP contribution in [0.25, 0.3) is 11.3 Å². The fourth-order valence-corrected chi connectivity index (χ4v) is 2.72. The number of amides is 1. The Morgan fingerprint density at radius 1 is 1.04 bits per heavy atom. The van der Waals surface area contributed by atoms with Gasteiger partial charge in [0.05, 0.1) is 15.7 Å². The molecule has 0 aliphatic carbocycles. The van der Waals surface area contributed by atoms with Gasteiger partial charge in [0.15, 0.2) is 0 Å². The van der Waals surface area contributed by atoms with Gasteiger partial charge in [-0.25, -0.2) is 0 Å². The quantitative estimate of drug-likeness (QED) is 0.660. The standard InChI is InChI=1S/C17H13Cl2N3O2/c1-10-14(15(22-24-10)11-6-3-2-4-7-11)17(23)21-20-16-12(18)8-5-9-13(16)19/h2-9,20H,1H3,(H,21,23). The number of hydrogen-bond acceptors (Lipinski definition) is 4. The molecule has 0 unspecified atom stereocenters. The summed E-state index contributed by atoms with van der Waals surface area (Å²) in [5.41, 5.74) is 7.34. The lowest BCUT2D eigenvalue weighted by Crippen LogP contribution is -2.30. The Labute approximate surface area is 148 Å². The second-order valence-corrected chi connectivity index (χ2v) is 5.82. The molecule has 1 heterocycles. The molecular weight excluding hydrogens is 349 g/mol. The molecule has 2 aromatic carbocycles. The third kappa shape index (κ3) is 3.22. The van der Waals surface area contributed by atoms with E-state index in [4.69, 9.17) is 27.7 Å². The first-order valence-corrected chi connectivity index (χ1v) is 7.85. The zero-order valence-electron chi connectivity index (χ0n) is 12.6. The van der Waals surface area contributed by atoms with E-state index in [2.05, 4.69) is 16.0 Å². The normalized spacial score (nSPS) is 10.5. The van der Waals surface area contributed by atoms with Crippen molar-refractivity contribution in [1.82, 2.24) is 10.6 Å². The lowest BCUT2D eigenvalue weighted by atomic mass is 10.1. The highest BCUT2D eigenvalue weighted by Gasteiger charge is 2.21. The summed E-state index contributed by atoms with van der Waals surface area (Å²) in [5.74, 6) is 0.0157. The number of benzene rings is 2. The number of para-hydroxylation sites is 1. The van der Waals surface area contributed by atoms with Gasteiger partial charge in [-0.05, 0) is 19.1 Å². The van der Waals surface area contributed by atoms with Crippen molar-refractivity contribution in [3.63, 3.8) is 0 Å². The summed E-state index contributed by atoms with van der Waals surface area (Å²) in [6, 6.07) is 14.4. The number of rotatable bonds is 4. The first-order valence-electron chi connectivity index (χ1n) is 7.10. The summed E-state index contributed by atoms with van der Waals surface area (Å²) >= 11 is 12.1. The van der Waals surface area contributed by atoms with E-state index in [1.165, 1.54) is 0 Å². The number of hydrogen-bond donors (Lipinski definition) is 2. The monoisotopic (exact) mass is 361 g/mol. The Bertz CT molecular complexity index is 859. The van der Waals surface area contributed by atoms with Gasteiger partial charge >= 0.3 is 0 Å². The molecule has 0 aliphatic rings. The number of carbonyl (C=O) groups is 1. The zero-order valence-corrected chi connectivity index (χ0v) is 14.2. The van der Waals surface area contributed by atoms with Gasteiger partial charge in [0, 0.05) is 5.56 Å². The summed E-state index contributed by atoms with van der Waals surface area (Å²) in [7, 11) is 0. The molecular formula is C17H13Cl2N3O2. The number of nitrogens with one attached hydrogen (secondary N) is 2. The van der Waals surface area contributed by atoms with E-state index in [0.29, 0.717) is 32.8 Å². The highest BCUT2D eigenvalue weighted by Crippen LogP contribution is 2.29. The van der Waals surface area contributed by atoms with Gasteiger partial charge in [0.2, 0.25) is 0 Å². The van der Waals surface area contributed by atoms with E-state index in [9.17, 15) is 4.79 Å². The van der Waals surface area contributed by atoms with Gasteiger partial charge in [0.1, 0.15) is 17.0 Å². The minimum atomic E-state index is -0.399. The second-order valence-electron chi connectivity index (χ2n) is 5.00. The molecule has 5 nitrogen and oxygen atoms in total. The molecule has 0 atom stereocenters. The van der Waals surface area contributed by atoms with Gasteiger partial charge in [-0.2, -0.15) is 0 Å². The number of hydrazine groups is 1. The lowest BCUT2D eigenvalue weighted by molar-refractivity contribution is 0.0961. The Morgan fingerprint density at radius 3 is 2.38 bits per heavy atom. The van der Waals surface area contributed by atoms with E-state index in [-0.39, 0.29) is 0 Å². The first-order chi connectivity index (χ1) is 11.6. The predicted molar refractivity (Wildman–Crippen MR) is 94.2 cm³/mol. The van der Waals surface area contributed by atoms with E-state index in [1.54, 1.807) is 25.1 Å². The Balaban J connectivity index is 1.85. The van der Waals surface area contributed by atoms with Crippen LogP contribution in [0, 0.1) is 6.92 Å². The Hall–Kier alpha value is -2.50. The smallest absolute Gasteiger partial charge is 0.275 e. The summed E-state index contributed by atoms with van der Waals surface area (Å²) in [6.07, 6.45) is 0. The molecule has 0 saturated carbocycles. The molecule has 0 saturated heterocycles. The predicted octanol–water partition coefficient (Wildman–Crippen LogP) is 4.71. The summed E-state index contributed by atoms with van der Waals surface area (Å²) in [4.78, 5) is 12.6. The molecule has 0 aliphatic heterocycles. The third-order valence-electron chi connectivity index (χ3n) is 3.40. The molecule has 0 radical (unpaired) electrons. The Morgan fingerprint density at radius 2 is 1.71 bits per heavy atom. The van der Waals surface area contributed by atoms with Crippen LogP contribution in [0.15, 0.2) is 53.1 Å². The number of anilines is 1. The fourth-order valence-electron chi connectivity index (χ4n) is 2.23. The van der Waals surface area contributed by atoms with Crippen molar-refractivity contribution >= 4 is 34.8 Å². The van der Waals surface area contributed by atoms with Crippen molar-refractivity contribution in [3.8, 4) is 11.3 Å². The van der Waals surface area contributed by atoms with Gasteiger partial charge in [-0.1, -0.05) is 64.8 Å². The first kappa shape index (κ1) is 16.4. The largest absolute Gasteiger partial charge is 0.360 e. The average Bonchev–Trinajstić information content (AvgIpc) is 2.97. The van der Waals surface area contributed by atoms with Crippen LogP contribution < -0.4 is 10.9 Å². The molecule has 0 fully saturated rings. The summed E-state index contributed by atoms with van der Waals surface area (Å²) < 4.78 is 5.18. The number of aryl methyl sites for hydroxylation is 1. The molecule has 24 heavy (non-hydrogen) atoms. The molecule has 1 aromatic heterocycles. The maximum absolute atomic E-state index is 12.6. The fraction of sp³-hybridized carbons (Fsp3) is 0.0588. The third-order valence-corrected chi connectivity index (χ3v) is 4.03. The van der Waals surface area contributed by atoms with E-state index in [1.807, 2.05) is 30.3 Å². The molecule has 3 aromatic rings. The highest BCUT2D eigenvalue weighted by molar-refractivity contribution is 6.39. The van der Waals surface area contributed by atoms with Gasteiger partial charge in [-0.3, -0.25) is 15.6 Å². The van der Waals surface area contributed by atoms with Crippen molar-refractivity contribution < 1.29 is 9.32 Å². The molecule has 7 heteroatoms. The van der Waals surface area contributed by atoms with Crippen LogP contribution in [0.5, 0.6) is 0 Å². The average molecular weight is 362 g/mol. The number of aromatic nitrogens is 1. The van der Waals surface area contributed by atoms with Crippen molar-refractivity contribution in [2.24, 2.45) is 0 Å². The van der Waals surface area contributed by atoms with E-state index < -0.39 is 5.91 Å². The van der Waals surface area contributed by atoms with E-state index >= 15 is 0 Å². The summed E-state index contributed by atoms with van der Waals surface area (Å²) in [5, 5.41) is 4.77. The minimum Gasteiger partial charge on any atom is -0.360 e. The van der Waals surface area contributed by atoms with Crippen LogP contribution in [-0.2, 0) is 0 Å². The molecule has 1 amide bonds. The summed E-state index contributed by atoms with van der Waals surface area (Å²) in [6.45, 7) is 1.68. The number of halogens is 2. The maximum Gasteiger partial charge on any atom is 0.275 e. The Kier molecular flexibility index (Phi) is 4.74. The van der Waals surface area contributed by atoms with Crippen molar-refractivity contribution in [1.29, 1.82) is 0 Å². The number of nitrogens with zero attached hydrogens (tertiary/aromatic N) is 1. The van der Waals surface area contributed by atoms with Crippen LogP contribution in [0.4, 0.5) is 5.69 Å². The zero-order chi connectivity index (χ0) is 17.1. The van der Waals surface area contributed by atoms with Crippen LogP contribution in [0.3, 0.4) is 0 Å². The molecule has 0 bridgehead atoms. The molecule has 122 valence electrons. The van der Waals surface area contributed by atoms with Gasteiger partial charge in [-0.15, -0.1) is 0 Å². The van der Waals surface area contributed by atoms with Gasteiger partial charge < -0.3 is 4.52 Å².